The highest BCUT2D eigenvalue weighted by Crippen LogP contribution is 2.10. The summed E-state index contributed by atoms with van der Waals surface area (Å²) in [5, 5.41) is 13.0. The molecule has 1 aromatic rings. The van der Waals surface area contributed by atoms with E-state index in [1.54, 1.807) is 0 Å². The van der Waals surface area contributed by atoms with Crippen LogP contribution in [0.25, 0.3) is 0 Å². The van der Waals surface area contributed by atoms with E-state index in [1.807, 2.05) is 16.9 Å². The second kappa shape index (κ2) is 4.26. The molecule has 12 heavy (non-hydrogen) atoms. The molecule has 3 heteroatoms. The highest BCUT2D eigenvalue weighted by molar-refractivity contribution is 5.03. The number of hydrogen-bond donors (Lipinski definition) is 1. The first-order valence-corrected chi connectivity index (χ1v) is 4.38. The van der Waals surface area contributed by atoms with Crippen molar-refractivity contribution in [1.82, 2.24) is 9.78 Å². The second-order valence-electron chi connectivity index (χ2n) is 3.24. The smallest absolute Gasteiger partial charge is 0.0649 e. The summed E-state index contributed by atoms with van der Waals surface area (Å²) in [5.74, 6) is 0.486. The van der Waals surface area contributed by atoms with Gasteiger partial charge in [-0.3, -0.25) is 4.68 Å². The molecule has 68 valence electrons. The molecule has 0 unspecified atom stereocenters. The van der Waals surface area contributed by atoms with Crippen LogP contribution in [-0.2, 0) is 6.54 Å². The molecule has 0 spiro atoms. The van der Waals surface area contributed by atoms with Crippen LogP contribution in [0.4, 0.5) is 0 Å². The summed E-state index contributed by atoms with van der Waals surface area (Å²) < 4.78 is 1.88. The van der Waals surface area contributed by atoms with Gasteiger partial charge in [0, 0.05) is 19.3 Å². The van der Waals surface area contributed by atoms with Gasteiger partial charge in [-0.15, -0.1) is 0 Å². The normalized spacial score (nSPS) is 11.0. The highest BCUT2D eigenvalue weighted by atomic mass is 16.3. The van der Waals surface area contributed by atoms with Gasteiger partial charge in [0.05, 0.1) is 5.69 Å². The van der Waals surface area contributed by atoms with Crippen LogP contribution in [0.5, 0.6) is 0 Å². The lowest BCUT2D eigenvalue weighted by Crippen LogP contribution is -2.01. The van der Waals surface area contributed by atoms with Gasteiger partial charge in [0.1, 0.15) is 0 Å². The Balaban J connectivity index is 2.52. The van der Waals surface area contributed by atoms with Crippen LogP contribution in [-0.4, -0.2) is 21.5 Å². The Morgan fingerprint density at radius 2 is 2.33 bits per heavy atom. The Kier molecular flexibility index (Phi) is 3.29. The van der Waals surface area contributed by atoms with Crippen molar-refractivity contribution in [2.45, 2.75) is 32.7 Å². The molecular weight excluding hydrogens is 152 g/mol. The number of aryl methyl sites for hydroxylation is 1. The molecule has 1 rings (SSSR count). The number of nitrogens with zero attached hydrogens (tertiary/aromatic N) is 2. The summed E-state index contributed by atoms with van der Waals surface area (Å²) >= 11 is 0. The molecule has 0 radical (unpaired) electrons. The number of hydrogen-bond acceptors (Lipinski definition) is 2. The van der Waals surface area contributed by atoms with Crippen molar-refractivity contribution in [3.63, 3.8) is 0 Å². The Morgan fingerprint density at radius 1 is 1.58 bits per heavy atom. The van der Waals surface area contributed by atoms with Gasteiger partial charge in [-0.2, -0.15) is 5.10 Å². The van der Waals surface area contributed by atoms with Crippen LogP contribution >= 0.6 is 0 Å². The maximum atomic E-state index is 8.60. The summed E-state index contributed by atoms with van der Waals surface area (Å²) in [4.78, 5) is 0. The predicted octanol–water partition coefficient (Wildman–Crippen LogP) is 1.39. The predicted molar refractivity (Wildman–Crippen MR) is 48.0 cm³/mol. The van der Waals surface area contributed by atoms with E-state index in [-0.39, 0.29) is 6.61 Å². The molecule has 0 aliphatic heterocycles. The Hall–Kier alpha value is -0.830. The van der Waals surface area contributed by atoms with Gasteiger partial charge in [0.15, 0.2) is 0 Å². The molecular formula is C9H16N2O. The number of aliphatic hydroxyl groups is 1. The lowest BCUT2D eigenvalue weighted by Gasteiger charge is -1.99. The fourth-order valence-corrected chi connectivity index (χ4v) is 1.04. The lowest BCUT2D eigenvalue weighted by atomic mass is 10.1. The number of rotatable bonds is 4. The summed E-state index contributed by atoms with van der Waals surface area (Å²) in [7, 11) is 0. The van der Waals surface area contributed by atoms with Crippen molar-refractivity contribution >= 4 is 0 Å². The number of aliphatic hydroxyl groups excluding tert-OH is 1. The van der Waals surface area contributed by atoms with Crippen molar-refractivity contribution in [3.05, 3.63) is 18.0 Å². The summed E-state index contributed by atoms with van der Waals surface area (Å²) in [5.41, 5.74) is 1.12. The highest BCUT2D eigenvalue weighted by Gasteiger charge is 2.02. The van der Waals surface area contributed by atoms with E-state index in [2.05, 4.69) is 18.9 Å². The third-order valence-corrected chi connectivity index (χ3v) is 1.80. The first-order chi connectivity index (χ1) is 5.74. The first-order valence-electron chi connectivity index (χ1n) is 4.38. The molecule has 3 nitrogen and oxygen atoms in total. The molecule has 1 aromatic heterocycles. The van der Waals surface area contributed by atoms with Crippen LogP contribution in [0.3, 0.4) is 0 Å². The van der Waals surface area contributed by atoms with E-state index in [0.717, 1.165) is 18.7 Å². The largest absolute Gasteiger partial charge is 0.396 e. The van der Waals surface area contributed by atoms with E-state index in [0.29, 0.717) is 5.92 Å². The van der Waals surface area contributed by atoms with Crippen LogP contribution in [0, 0.1) is 0 Å². The van der Waals surface area contributed by atoms with Gasteiger partial charge in [0.25, 0.3) is 0 Å². The van der Waals surface area contributed by atoms with Crippen molar-refractivity contribution in [2.24, 2.45) is 0 Å². The van der Waals surface area contributed by atoms with Gasteiger partial charge in [-0.1, -0.05) is 13.8 Å². The van der Waals surface area contributed by atoms with Gasteiger partial charge >= 0.3 is 0 Å². The molecule has 0 saturated heterocycles. The van der Waals surface area contributed by atoms with Crippen LogP contribution < -0.4 is 0 Å². The topological polar surface area (TPSA) is 38.0 Å². The molecule has 1 heterocycles. The quantitative estimate of drug-likeness (QED) is 0.737. The molecule has 1 N–H and O–H groups in total. The molecule has 0 aliphatic carbocycles. The van der Waals surface area contributed by atoms with Gasteiger partial charge in [0.2, 0.25) is 0 Å². The molecule has 0 aromatic carbocycles. The van der Waals surface area contributed by atoms with E-state index < -0.39 is 0 Å². The summed E-state index contributed by atoms with van der Waals surface area (Å²) in [6.45, 7) is 5.29. The monoisotopic (exact) mass is 168 g/mol. The maximum Gasteiger partial charge on any atom is 0.0649 e. The van der Waals surface area contributed by atoms with Gasteiger partial charge in [-0.25, -0.2) is 0 Å². The minimum atomic E-state index is 0.233. The standard InChI is InChI=1S/C9H16N2O/c1-8(2)9-4-6-11(10-9)5-3-7-12/h4,6,8,12H,3,5,7H2,1-2H3. The first kappa shape index (κ1) is 9.26. The fraction of sp³-hybridized carbons (Fsp3) is 0.667. The Bertz CT molecular complexity index is 230. The molecule has 0 amide bonds. The summed E-state index contributed by atoms with van der Waals surface area (Å²) in [6.07, 6.45) is 2.74. The SMILES string of the molecule is CC(C)c1ccn(CCCO)n1. The van der Waals surface area contributed by atoms with E-state index in [4.69, 9.17) is 5.11 Å². The van der Waals surface area contributed by atoms with Crippen molar-refractivity contribution in [2.75, 3.05) is 6.61 Å². The average molecular weight is 168 g/mol. The van der Waals surface area contributed by atoms with Crippen molar-refractivity contribution in [3.8, 4) is 0 Å². The average Bonchev–Trinajstić information content (AvgIpc) is 2.48. The molecule has 0 atom stereocenters. The molecule has 0 aliphatic rings. The lowest BCUT2D eigenvalue weighted by molar-refractivity contribution is 0.276. The van der Waals surface area contributed by atoms with Crippen LogP contribution in [0.15, 0.2) is 12.3 Å². The number of aromatic nitrogens is 2. The second-order valence-corrected chi connectivity index (χ2v) is 3.24. The zero-order valence-electron chi connectivity index (χ0n) is 7.70. The summed E-state index contributed by atoms with van der Waals surface area (Å²) in [6, 6.07) is 2.03. The Morgan fingerprint density at radius 3 is 2.83 bits per heavy atom. The van der Waals surface area contributed by atoms with E-state index in [1.165, 1.54) is 0 Å². The third kappa shape index (κ3) is 2.34. The third-order valence-electron chi connectivity index (χ3n) is 1.80. The molecule has 0 fully saturated rings. The van der Waals surface area contributed by atoms with E-state index in [9.17, 15) is 0 Å². The van der Waals surface area contributed by atoms with Crippen LogP contribution in [0.1, 0.15) is 31.9 Å². The Labute approximate surface area is 73.0 Å². The van der Waals surface area contributed by atoms with Gasteiger partial charge in [-0.05, 0) is 18.4 Å². The maximum absolute atomic E-state index is 8.60. The van der Waals surface area contributed by atoms with Crippen molar-refractivity contribution < 1.29 is 5.11 Å². The molecule has 0 bridgehead atoms. The zero-order valence-corrected chi connectivity index (χ0v) is 7.70. The van der Waals surface area contributed by atoms with Crippen molar-refractivity contribution in [1.29, 1.82) is 0 Å². The van der Waals surface area contributed by atoms with Gasteiger partial charge < -0.3 is 5.11 Å². The molecule has 0 saturated carbocycles. The fourth-order valence-electron chi connectivity index (χ4n) is 1.04. The van der Waals surface area contributed by atoms with E-state index >= 15 is 0 Å². The minimum absolute atomic E-state index is 0.233. The zero-order chi connectivity index (χ0) is 8.97. The van der Waals surface area contributed by atoms with Crippen LogP contribution in [0.2, 0.25) is 0 Å². The minimum Gasteiger partial charge on any atom is -0.396 e.